The third-order valence-electron chi connectivity index (χ3n) is 4.92. The summed E-state index contributed by atoms with van der Waals surface area (Å²) in [5.41, 5.74) is 4.10. The Labute approximate surface area is 148 Å². The molecule has 0 aliphatic carbocycles. The fourth-order valence-corrected chi connectivity index (χ4v) is 3.38. The van der Waals surface area contributed by atoms with Crippen molar-refractivity contribution >= 4 is 17.5 Å². The van der Waals surface area contributed by atoms with E-state index < -0.39 is 0 Å². The largest absolute Gasteiger partial charge is 0.335 e. The lowest BCUT2D eigenvalue weighted by molar-refractivity contribution is -0.129. The summed E-state index contributed by atoms with van der Waals surface area (Å²) >= 11 is 0. The molecule has 1 fully saturated rings. The Morgan fingerprint density at radius 2 is 1.88 bits per heavy atom. The van der Waals surface area contributed by atoms with Gasteiger partial charge in [-0.05, 0) is 38.0 Å². The van der Waals surface area contributed by atoms with Crippen molar-refractivity contribution in [2.45, 2.75) is 33.2 Å². The van der Waals surface area contributed by atoms with Crippen molar-refractivity contribution in [2.75, 3.05) is 11.9 Å². The molecule has 0 saturated carbocycles. The van der Waals surface area contributed by atoms with Gasteiger partial charge in [-0.25, -0.2) is 0 Å². The number of benzene rings is 2. The number of carbonyl (C=O) groups excluding carboxylic acids is 2. The molecule has 4 nitrogen and oxygen atoms in total. The predicted molar refractivity (Wildman–Crippen MR) is 99.2 cm³/mol. The molecule has 0 aromatic heterocycles. The number of anilines is 1. The van der Waals surface area contributed by atoms with Gasteiger partial charge in [0.2, 0.25) is 11.8 Å². The molecule has 0 bridgehead atoms. The van der Waals surface area contributed by atoms with Crippen LogP contribution in [-0.2, 0) is 9.59 Å². The molecule has 0 radical (unpaired) electrons. The van der Waals surface area contributed by atoms with Crippen molar-refractivity contribution < 1.29 is 9.59 Å². The molecule has 3 rings (SSSR count). The number of amides is 2. The van der Waals surface area contributed by atoms with E-state index in [1.807, 2.05) is 74.2 Å². The summed E-state index contributed by atoms with van der Waals surface area (Å²) in [6, 6.07) is 15.8. The Hall–Kier alpha value is -2.62. The molecule has 25 heavy (non-hydrogen) atoms. The number of nitrogens with one attached hydrogen (secondary N) is 1. The summed E-state index contributed by atoms with van der Waals surface area (Å²) in [4.78, 5) is 26.8. The van der Waals surface area contributed by atoms with Crippen LogP contribution in [-0.4, -0.2) is 23.3 Å². The maximum atomic E-state index is 12.6. The van der Waals surface area contributed by atoms with Gasteiger partial charge in [-0.2, -0.15) is 0 Å². The average molecular weight is 336 g/mol. The summed E-state index contributed by atoms with van der Waals surface area (Å²) < 4.78 is 0. The molecule has 2 atom stereocenters. The van der Waals surface area contributed by atoms with Crippen molar-refractivity contribution in [3.8, 4) is 0 Å². The Balaban J connectivity index is 1.68. The van der Waals surface area contributed by atoms with Gasteiger partial charge >= 0.3 is 0 Å². The van der Waals surface area contributed by atoms with Crippen LogP contribution in [0, 0.1) is 19.8 Å². The van der Waals surface area contributed by atoms with Crippen molar-refractivity contribution in [1.82, 2.24) is 4.90 Å². The van der Waals surface area contributed by atoms with E-state index in [2.05, 4.69) is 5.32 Å². The zero-order chi connectivity index (χ0) is 18.0. The number of hydrogen-bond donors (Lipinski definition) is 1. The minimum Gasteiger partial charge on any atom is -0.335 e. The van der Waals surface area contributed by atoms with Crippen molar-refractivity contribution in [3.05, 3.63) is 65.2 Å². The van der Waals surface area contributed by atoms with Gasteiger partial charge in [0.1, 0.15) is 0 Å². The third-order valence-corrected chi connectivity index (χ3v) is 4.92. The summed E-state index contributed by atoms with van der Waals surface area (Å²) in [6.45, 7) is 6.48. The highest BCUT2D eigenvalue weighted by molar-refractivity contribution is 5.97. The van der Waals surface area contributed by atoms with E-state index in [0.29, 0.717) is 6.54 Å². The van der Waals surface area contributed by atoms with E-state index in [9.17, 15) is 9.59 Å². The molecule has 1 heterocycles. The van der Waals surface area contributed by atoms with Crippen molar-refractivity contribution in [1.29, 1.82) is 0 Å². The first kappa shape index (κ1) is 17.2. The highest BCUT2D eigenvalue weighted by Crippen LogP contribution is 2.29. The molecule has 0 spiro atoms. The second-order valence-electron chi connectivity index (χ2n) is 6.84. The normalized spacial score (nSPS) is 18.3. The fourth-order valence-electron chi connectivity index (χ4n) is 3.38. The van der Waals surface area contributed by atoms with Crippen LogP contribution in [0.4, 0.5) is 5.69 Å². The SMILES string of the molecule is Cc1ccc(NC(=O)[C@@H]2CC(=O)N([C@@H](C)c3ccccc3)C2)c(C)c1. The first-order chi connectivity index (χ1) is 12.0. The Morgan fingerprint density at radius 3 is 2.56 bits per heavy atom. The molecule has 0 unspecified atom stereocenters. The van der Waals surface area contributed by atoms with Gasteiger partial charge in [-0.1, -0.05) is 48.0 Å². The maximum absolute atomic E-state index is 12.6. The number of rotatable bonds is 4. The van der Waals surface area contributed by atoms with Gasteiger partial charge in [0.15, 0.2) is 0 Å². The third kappa shape index (κ3) is 3.73. The van der Waals surface area contributed by atoms with Crippen LogP contribution in [0.3, 0.4) is 0 Å². The molecule has 130 valence electrons. The van der Waals surface area contributed by atoms with Crippen LogP contribution in [0.1, 0.15) is 36.1 Å². The number of nitrogens with zero attached hydrogens (tertiary/aromatic N) is 1. The number of hydrogen-bond acceptors (Lipinski definition) is 2. The summed E-state index contributed by atoms with van der Waals surface area (Å²) in [6.07, 6.45) is 0.272. The minimum absolute atomic E-state index is 0.0207. The van der Waals surface area contributed by atoms with Crippen LogP contribution in [0.5, 0.6) is 0 Å². The lowest BCUT2D eigenvalue weighted by atomic mass is 10.1. The zero-order valence-electron chi connectivity index (χ0n) is 15.0. The lowest BCUT2D eigenvalue weighted by Gasteiger charge is -2.25. The molecule has 4 heteroatoms. The molecule has 1 aliphatic rings. The minimum atomic E-state index is -0.306. The van der Waals surface area contributed by atoms with Crippen LogP contribution in [0.2, 0.25) is 0 Å². The van der Waals surface area contributed by atoms with Gasteiger partial charge in [0, 0.05) is 18.7 Å². The Morgan fingerprint density at radius 1 is 1.16 bits per heavy atom. The highest BCUT2D eigenvalue weighted by atomic mass is 16.2. The van der Waals surface area contributed by atoms with E-state index in [-0.39, 0.29) is 30.2 Å². The van der Waals surface area contributed by atoms with E-state index in [0.717, 1.165) is 22.4 Å². The average Bonchev–Trinajstić information content (AvgIpc) is 2.99. The number of aryl methyl sites for hydroxylation is 2. The monoisotopic (exact) mass is 336 g/mol. The number of carbonyl (C=O) groups is 2. The summed E-state index contributed by atoms with van der Waals surface area (Å²) in [5, 5.41) is 2.98. The fraction of sp³-hybridized carbons (Fsp3) is 0.333. The summed E-state index contributed by atoms with van der Waals surface area (Å²) in [7, 11) is 0. The Bertz CT molecular complexity index is 786. The smallest absolute Gasteiger partial charge is 0.229 e. The van der Waals surface area contributed by atoms with E-state index >= 15 is 0 Å². The van der Waals surface area contributed by atoms with Gasteiger partial charge in [-0.3, -0.25) is 9.59 Å². The lowest BCUT2D eigenvalue weighted by Crippen LogP contribution is -2.30. The van der Waals surface area contributed by atoms with E-state index in [1.165, 1.54) is 0 Å². The standard InChI is InChI=1S/C21H24N2O2/c1-14-9-10-19(15(2)11-14)22-21(25)18-12-20(24)23(13-18)16(3)17-7-5-4-6-8-17/h4-11,16,18H,12-13H2,1-3H3,(H,22,25)/t16-,18+/m0/s1. The van der Waals surface area contributed by atoms with Crippen LogP contribution in [0.25, 0.3) is 0 Å². The molecule has 2 aromatic rings. The van der Waals surface area contributed by atoms with Gasteiger partial charge in [-0.15, -0.1) is 0 Å². The van der Waals surface area contributed by atoms with Gasteiger partial charge < -0.3 is 10.2 Å². The van der Waals surface area contributed by atoms with Crippen LogP contribution >= 0.6 is 0 Å². The molecule has 1 aliphatic heterocycles. The number of likely N-dealkylation sites (tertiary alicyclic amines) is 1. The molecular weight excluding hydrogens is 312 g/mol. The maximum Gasteiger partial charge on any atom is 0.229 e. The molecule has 1 saturated heterocycles. The van der Waals surface area contributed by atoms with Crippen molar-refractivity contribution in [2.24, 2.45) is 5.92 Å². The topological polar surface area (TPSA) is 49.4 Å². The zero-order valence-corrected chi connectivity index (χ0v) is 15.0. The van der Waals surface area contributed by atoms with E-state index in [4.69, 9.17) is 0 Å². The van der Waals surface area contributed by atoms with Crippen molar-refractivity contribution in [3.63, 3.8) is 0 Å². The molecular formula is C21H24N2O2. The predicted octanol–water partition coefficient (Wildman–Crippen LogP) is 3.85. The second-order valence-corrected chi connectivity index (χ2v) is 6.84. The highest BCUT2D eigenvalue weighted by Gasteiger charge is 2.37. The van der Waals surface area contributed by atoms with Gasteiger partial charge in [0.25, 0.3) is 0 Å². The van der Waals surface area contributed by atoms with Gasteiger partial charge in [0.05, 0.1) is 12.0 Å². The quantitative estimate of drug-likeness (QED) is 0.922. The van der Waals surface area contributed by atoms with Crippen LogP contribution < -0.4 is 5.32 Å². The summed E-state index contributed by atoms with van der Waals surface area (Å²) in [5.74, 6) is -0.348. The second kappa shape index (κ2) is 7.09. The first-order valence-corrected chi connectivity index (χ1v) is 8.68. The molecule has 2 aromatic carbocycles. The van der Waals surface area contributed by atoms with Crippen LogP contribution in [0.15, 0.2) is 48.5 Å². The first-order valence-electron chi connectivity index (χ1n) is 8.68. The molecule has 2 amide bonds. The molecule has 1 N–H and O–H groups in total. The van der Waals surface area contributed by atoms with E-state index in [1.54, 1.807) is 0 Å². The Kier molecular flexibility index (Phi) is 4.88.